The minimum atomic E-state index is -0.101. The molecule has 1 aromatic heterocycles. The number of nitrogens with zero attached hydrogens (tertiary/aromatic N) is 3. The first-order chi connectivity index (χ1) is 9.90. The molecule has 0 unspecified atom stereocenters. The average Bonchev–Trinajstić information content (AvgIpc) is 2.80. The molecule has 0 aliphatic heterocycles. The Morgan fingerprint density at radius 2 is 2.00 bits per heavy atom. The van der Waals surface area contributed by atoms with E-state index in [1.54, 1.807) is 11.9 Å². The first-order valence-corrected chi connectivity index (χ1v) is 8.10. The molecule has 0 bridgehead atoms. The summed E-state index contributed by atoms with van der Waals surface area (Å²) in [6, 6.07) is 0. The second-order valence-electron chi connectivity index (χ2n) is 5.03. The smallest absolute Gasteiger partial charge is 0.267 e. The fourth-order valence-electron chi connectivity index (χ4n) is 1.80. The summed E-state index contributed by atoms with van der Waals surface area (Å²) in [7, 11) is 1.75. The molecule has 1 aromatic rings. The van der Waals surface area contributed by atoms with Crippen molar-refractivity contribution in [2.75, 3.05) is 43.9 Å². The van der Waals surface area contributed by atoms with Crippen LogP contribution in [0.15, 0.2) is 0 Å². The van der Waals surface area contributed by atoms with Crippen molar-refractivity contribution in [1.29, 1.82) is 0 Å². The van der Waals surface area contributed by atoms with E-state index >= 15 is 0 Å². The number of thiazole rings is 1. The lowest BCUT2D eigenvalue weighted by molar-refractivity contribution is 0.0535. The molecule has 0 saturated carbocycles. The van der Waals surface area contributed by atoms with E-state index in [1.165, 1.54) is 11.3 Å². The van der Waals surface area contributed by atoms with Gasteiger partial charge in [0.25, 0.3) is 5.91 Å². The normalized spacial score (nSPS) is 11.0. The number of likely N-dealkylation sites (N-methyl/N-ethyl adjacent to an activating group) is 1. The van der Waals surface area contributed by atoms with E-state index in [0.29, 0.717) is 23.8 Å². The van der Waals surface area contributed by atoms with Crippen LogP contribution in [0, 0.1) is 0 Å². The van der Waals surface area contributed by atoms with Gasteiger partial charge in [0.05, 0.1) is 12.7 Å². The Labute approximate surface area is 130 Å². The third-order valence-corrected chi connectivity index (χ3v) is 4.21. The summed E-state index contributed by atoms with van der Waals surface area (Å²) >= 11 is 1.35. The predicted molar refractivity (Wildman–Crippen MR) is 88.1 cm³/mol. The number of carbonyl (C=O) groups excluding carboxylic acids is 1. The number of nitrogen functional groups attached to an aromatic ring is 1. The lowest BCUT2D eigenvalue weighted by atomic mass is 10.4. The summed E-state index contributed by atoms with van der Waals surface area (Å²) in [5, 5.41) is 0.799. The molecule has 6 nitrogen and oxygen atoms in total. The highest BCUT2D eigenvalue weighted by atomic mass is 32.1. The maximum atomic E-state index is 12.4. The fraction of sp³-hybridized carbons (Fsp3) is 0.714. The maximum absolute atomic E-state index is 12.4. The molecule has 0 saturated heterocycles. The van der Waals surface area contributed by atoms with Gasteiger partial charge in [-0.3, -0.25) is 4.79 Å². The van der Waals surface area contributed by atoms with Crippen LogP contribution in [0.4, 0.5) is 10.9 Å². The Hall–Kier alpha value is -1.34. The third-order valence-electron chi connectivity index (χ3n) is 3.09. The number of amides is 1. The Bertz CT molecular complexity index is 458. The van der Waals surface area contributed by atoms with Crippen LogP contribution in [0.2, 0.25) is 0 Å². The van der Waals surface area contributed by atoms with E-state index in [0.717, 1.165) is 18.2 Å². The average molecular weight is 314 g/mol. The fourth-order valence-corrected chi connectivity index (χ4v) is 2.91. The van der Waals surface area contributed by atoms with Crippen LogP contribution in [0.3, 0.4) is 0 Å². The molecule has 1 amide bonds. The van der Waals surface area contributed by atoms with Crippen LogP contribution in [0.5, 0.6) is 0 Å². The highest BCUT2D eigenvalue weighted by molar-refractivity contribution is 7.18. The molecule has 0 radical (unpaired) electrons. The Kier molecular flexibility index (Phi) is 6.91. The SMILES string of the molecule is CCN(CC)c1nc(N)c(C(=O)N(C)CCOC(C)C)s1. The van der Waals surface area contributed by atoms with Crippen LogP contribution in [0.25, 0.3) is 0 Å². The highest BCUT2D eigenvalue weighted by Gasteiger charge is 2.21. The Morgan fingerprint density at radius 3 is 2.52 bits per heavy atom. The number of rotatable bonds is 8. The molecule has 0 atom stereocenters. The summed E-state index contributed by atoms with van der Waals surface area (Å²) in [6.45, 7) is 10.8. The van der Waals surface area contributed by atoms with Crippen molar-refractivity contribution in [3.8, 4) is 0 Å². The minimum Gasteiger partial charge on any atom is -0.382 e. The molecule has 0 aliphatic carbocycles. The highest BCUT2D eigenvalue weighted by Crippen LogP contribution is 2.28. The molecular weight excluding hydrogens is 288 g/mol. The van der Waals surface area contributed by atoms with Gasteiger partial charge in [0, 0.05) is 26.7 Å². The number of anilines is 2. The molecular formula is C14H26N4O2S. The van der Waals surface area contributed by atoms with Crippen molar-refractivity contribution < 1.29 is 9.53 Å². The number of carbonyl (C=O) groups is 1. The summed E-state index contributed by atoms with van der Waals surface area (Å²) < 4.78 is 5.46. The van der Waals surface area contributed by atoms with Gasteiger partial charge < -0.3 is 20.3 Å². The van der Waals surface area contributed by atoms with E-state index in [-0.39, 0.29) is 12.0 Å². The predicted octanol–water partition coefficient (Wildman–Crippen LogP) is 2.07. The topological polar surface area (TPSA) is 71.7 Å². The van der Waals surface area contributed by atoms with Crippen molar-refractivity contribution >= 4 is 28.2 Å². The summed E-state index contributed by atoms with van der Waals surface area (Å²) in [4.78, 5) is 20.9. The second kappa shape index (κ2) is 8.19. The molecule has 1 rings (SSSR count). The molecule has 21 heavy (non-hydrogen) atoms. The van der Waals surface area contributed by atoms with Gasteiger partial charge in [0.2, 0.25) is 0 Å². The van der Waals surface area contributed by atoms with Gasteiger partial charge in [0.1, 0.15) is 10.7 Å². The zero-order chi connectivity index (χ0) is 16.0. The van der Waals surface area contributed by atoms with Gasteiger partial charge in [-0.05, 0) is 27.7 Å². The van der Waals surface area contributed by atoms with Crippen molar-refractivity contribution in [1.82, 2.24) is 9.88 Å². The van der Waals surface area contributed by atoms with Crippen LogP contribution in [0.1, 0.15) is 37.4 Å². The first kappa shape index (κ1) is 17.7. The monoisotopic (exact) mass is 314 g/mol. The summed E-state index contributed by atoms with van der Waals surface area (Å²) in [6.07, 6.45) is 0.163. The number of hydrogen-bond acceptors (Lipinski definition) is 6. The van der Waals surface area contributed by atoms with Gasteiger partial charge in [-0.2, -0.15) is 0 Å². The minimum absolute atomic E-state index is 0.101. The number of hydrogen-bond donors (Lipinski definition) is 1. The van der Waals surface area contributed by atoms with Crippen LogP contribution in [-0.4, -0.2) is 55.2 Å². The zero-order valence-corrected chi connectivity index (χ0v) is 14.4. The molecule has 0 aliphatic rings. The van der Waals surface area contributed by atoms with Gasteiger partial charge in [-0.1, -0.05) is 11.3 Å². The molecule has 0 spiro atoms. The van der Waals surface area contributed by atoms with E-state index in [2.05, 4.69) is 23.7 Å². The van der Waals surface area contributed by atoms with Crippen LogP contribution >= 0.6 is 11.3 Å². The van der Waals surface area contributed by atoms with Crippen molar-refractivity contribution in [2.24, 2.45) is 0 Å². The van der Waals surface area contributed by atoms with E-state index < -0.39 is 0 Å². The van der Waals surface area contributed by atoms with Crippen molar-refractivity contribution in [3.05, 3.63) is 4.88 Å². The molecule has 1 heterocycles. The zero-order valence-electron chi connectivity index (χ0n) is 13.5. The summed E-state index contributed by atoms with van der Waals surface area (Å²) in [5.74, 6) is 0.208. The van der Waals surface area contributed by atoms with Gasteiger partial charge in [-0.15, -0.1) is 0 Å². The Morgan fingerprint density at radius 1 is 1.38 bits per heavy atom. The lowest BCUT2D eigenvalue weighted by Crippen LogP contribution is -2.30. The van der Waals surface area contributed by atoms with Gasteiger partial charge in [-0.25, -0.2) is 4.98 Å². The molecule has 120 valence electrons. The van der Waals surface area contributed by atoms with Gasteiger partial charge >= 0.3 is 0 Å². The van der Waals surface area contributed by atoms with Crippen LogP contribution in [-0.2, 0) is 4.74 Å². The van der Waals surface area contributed by atoms with Crippen LogP contribution < -0.4 is 10.6 Å². The first-order valence-electron chi connectivity index (χ1n) is 7.28. The lowest BCUT2D eigenvalue weighted by Gasteiger charge is -2.18. The molecule has 0 fully saturated rings. The maximum Gasteiger partial charge on any atom is 0.267 e. The quantitative estimate of drug-likeness (QED) is 0.795. The number of ether oxygens (including phenoxy) is 1. The second-order valence-corrected chi connectivity index (χ2v) is 6.01. The van der Waals surface area contributed by atoms with Gasteiger partial charge in [0.15, 0.2) is 5.13 Å². The van der Waals surface area contributed by atoms with Crippen molar-refractivity contribution in [3.63, 3.8) is 0 Å². The van der Waals surface area contributed by atoms with Crippen molar-refractivity contribution in [2.45, 2.75) is 33.8 Å². The molecule has 2 N–H and O–H groups in total. The molecule has 7 heteroatoms. The van der Waals surface area contributed by atoms with E-state index in [1.807, 2.05) is 13.8 Å². The van der Waals surface area contributed by atoms with E-state index in [4.69, 9.17) is 10.5 Å². The summed E-state index contributed by atoms with van der Waals surface area (Å²) in [5.41, 5.74) is 5.90. The third kappa shape index (κ3) is 4.86. The van der Waals surface area contributed by atoms with E-state index in [9.17, 15) is 4.79 Å². The Balaban J connectivity index is 2.73. The largest absolute Gasteiger partial charge is 0.382 e. The molecule has 0 aromatic carbocycles. The number of aromatic nitrogens is 1. The number of nitrogens with two attached hydrogens (primary N) is 1. The standard InChI is InChI=1S/C14H26N4O2S/c1-6-18(7-2)14-16-12(15)11(21-14)13(19)17(5)8-9-20-10(3)4/h10H,6-9,15H2,1-5H3.